The predicted molar refractivity (Wildman–Crippen MR) is 116 cm³/mol. The van der Waals surface area contributed by atoms with Gasteiger partial charge in [-0.1, -0.05) is 36.9 Å². The molecule has 2 N–H and O–H groups in total. The highest BCUT2D eigenvalue weighted by atomic mass is 35.5. The van der Waals surface area contributed by atoms with Crippen molar-refractivity contribution in [1.82, 2.24) is 9.21 Å². The Hall–Kier alpha value is -1.62. The average molecular weight is 463 g/mol. The van der Waals surface area contributed by atoms with Gasteiger partial charge in [-0.05, 0) is 25.0 Å². The summed E-state index contributed by atoms with van der Waals surface area (Å²) in [6.07, 6.45) is 7.01. The molecular weight excluding hydrogens is 436 g/mol. The van der Waals surface area contributed by atoms with Crippen molar-refractivity contribution in [3.63, 3.8) is 0 Å². The van der Waals surface area contributed by atoms with Crippen LogP contribution in [0.1, 0.15) is 32.1 Å². The van der Waals surface area contributed by atoms with Gasteiger partial charge in [0.15, 0.2) is 0 Å². The Bertz CT molecular complexity index is 985. The van der Waals surface area contributed by atoms with Gasteiger partial charge in [-0.3, -0.25) is 0 Å². The Labute approximate surface area is 178 Å². The van der Waals surface area contributed by atoms with E-state index in [0.29, 0.717) is 0 Å². The third-order valence-corrected chi connectivity index (χ3v) is 8.30. The van der Waals surface area contributed by atoms with Gasteiger partial charge in [-0.15, -0.1) is 11.0 Å². The summed E-state index contributed by atoms with van der Waals surface area (Å²) in [5.74, 6) is 0. The highest BCUT2D eigenvalue weighted by Crippen LogP contribution is 2.35. The SMILES string of the molecule is C=CCN(C1CCCCC1)S(=O)(=O)c1cc(S(=O)(=O)N=CN(C)C)c(Cl)cc1N. The minimum absolute atomic E-state index is 0.107. The first-order valence-electron chi connectivity index (χ1n) is 9.19. The summed E-state index contributed by atoms with van der Waals surface area (Å²) in [5, 5.41) is -0.190. The second-order valence-electron chi connectivity index (χ2n) is 7.14. The van der Waals surface area contributed by atoms with Gasteiger partial charge in [-0.2, -0.15) is 12.7 Å². The van der Waals surface area contributed by atoms with Crippen LogP contribution < -0.4 is 5.73 Å². The molecule has 8 nitrogen and oxygen atoms in total. The number of nitrogens with zero attached hydrogens (tertiary/aromatic N) is 3. The number of sulfonamides is 2. The maximum atomic E-state index is 13.4. The first-order chi connectivity index (χ1) is 13.5. The van der Waals surface area contributed by atoms with Crippen LogP contribution in [-0.4, -0.2) is 59.1 Å². The molecule has 0 amide bonds. The molecule has 0 atom stereocenters. The van der Waals surface area contributed by atoms with Gasteiger partial charge >= 0.3 is 0 Å². The van der Waals surface area contributed by atoms with Gasteiger partial charge < -0.3 is 10.6 Å². The fraction of sp³-hybridized carbons (Fsp3) is 0.500. The fourth-order valence-corrected chi connectivity index (χ4v) is 6.57. The molecule has 0 saturated heterocycles. The molecule has 1 fully saturated rings. The summed E-state index contributed by atoms with van der Waals surface area (Å²) in [7, 11) is -5.07. The van der Waals surface area contributed by atoms with Gasteiger partial charge in [0.25, 0.3) is 10.0 Å². The van der Waals surface area contributed by atoms with E-state index in [1.807, 2.05) is 0 Å². The molecule has 1 aliphatic rings. The fourth-order valence-electron chi connectivity index (χ4n) is 3.25. The van der Waals surface area contributed by atoms with Crippen molar-refractivity contribution in [2.75, 3.05) is 26.4 Å². The summed E-state index contributed by atoms with van der Waals surface area (Å²) >= 11 is 6.07. The lowest BCUT2D eigenvalue weighted by Crippen LogP contribution is -2.41. The molecule has 0 radical (unpaired) electrons. The van der Waals surface area contributed by atoms with E-state index in [1.165, 1.54) is 15.3 Å². The summed E-state index contributed by atoms with van der Waals surface area (Å²) in [6, 6.07) is 1.95. The Morgan fingerprint density at radius 1 is 1.17 bits per heavy atom. The van der Waals surface area contributed by atoms with Crippen LogP contribution >= 0.6 is 11.6 Å². The zero-order chi connectivity index (χ0) is 21.8. The molecule has 1 aliphatic carbocycles. The maximum Gasteiger partial charge on any atom is 0.285 e. The van der Waals surface area contributed by atoms with Crippen molar-refractivity contribution in [3.8, 4) is 0 Å². The lowest BCUT2D eigenvalue weighted by Gasteiger charge is -2.33. The van der Waals surface area contributed by atoms with Crippen molar-refractivity contribution in [2.45, 2.75) is 47.9 Å². The average Bonchev–Trinajstić information content (AvgIpc) is 2.64. The smallest absolute Gasteiger partial charge is 0.285 e. The topological polar surface area (TPSA) is 113 Å². The van der Waals surface area contributed by atoms with Crippen molar-refractivity contribution in [2.24, 2.45) is 4.40 Å². The van der Waals surface area contributed by atoms with Crippen LogP contribution in [0.2, 0.25) is 5.02 Å². The Morgan fingerprint density at radius 2 is 1.79 bits per heavy atom. The van der Waals surface area contributed by atoms with Gasteiger partial charge in [0.05, 0.1) is 10.7 Å². The number of halogens is 1. The molecule has 0 aromatic heterocycles. The van der Waals surface area contributed by atoms with Gasteiger partial charge in [0.2, 0.25) is 10.0 Å². The van der Waals surface area contributed by atoms with Crippen LogP contribution in [0.5, 0.6) is 0 Å². The summed E-state index contributed by atoms with van der Waals surface area (Å²) < 4.78 is 56.8. The van der Waals surface area contributed by atoms with Crippen LogP contribution in [0, 0.1) is 0 Å². The molecule has 2 rings (SSSR count). The standard InChI is InChI=1S/C18H27ClN4O4S2/c1-4-10-23(14-8-6-5-7-9-14)29(26,27)18-12-17(15(19)11-16(18)20)28(24,25)21-13-22(2)3/h4,11-14H,1,5-10,20H2,2-3H3. The minimum atomic E-state index is -4.21. The molecule has 0 unspecified atom stereocenters. The molecule has 1 aromatic carbocycles. The number of hydrogen-bond acceptors (Lipinski definition) is 5. The monoisotopic (exact) mass is 462 g/mol. The second kappa shape index (κ2) is 9.46. The molecule has 0 bridgehead atoms. The van der Waals surface area contributed by atoms with Crippen molar-refractivity contribution >= 4 is 43.7 Å². The zero-order valence-corrected chi connectivity index (χ0v) is 19.0. The summed E-state index contributed by atoms with van der Waals surface area (Å²) in [4.78, 5) is 0.732. The minimum Gasteiger partial charge on any atom is -0.398 e. The molecule has 11 heteroatoms. The lowest BCUT2D eigenvalue weighted by molar-refractivity contribution is 0.269. The number of anilines is 1. The Kier molecular flexibility index (Phi) is 7.72. The molecule has 0 spiro atoms. The van der Waals surface area contributed by atoms with E-state index in [2.05, 4.69) is 11.0 Å². The molecular formula is C18H27ClN4O4S2. The number of hydrogen-bond donors (Lipinski definition) is 1. The lowest BCUT2D eigenvalue weighted by atomic mass is 9.95. The van der Waals surface area contributed by atoms with E-state index < -0.39 is 24.9 Å². The molecule has 1 aromatic rings. The Balaban J connectivity index is 2.58. The highest BCUT2D eigenvalue weighted by Gasteiger charge is 2.34. The van der Waals surface area contributed by atoms with Crippen molar-refractivity contribution in [3.05, 3.63) is 29.8 Å². The van der Waals surface area contributed by atoms with E-state index in [0.717, 1.165) is 50.6 Å². The number of nitrogen functional groups attached to an aromatic ring is 1. The Morgan fingerprint density at radius 3 is 2.34 bits per heavy atom. The van der Waals surface area contributed by atoms with Crippen LogP contribution in [0.15, 0.2) is 39.0 Å². The molecule has 0 heterocycles. The third kappa shape index (κ3) is 5.50. The summed E-state index contributed by atoms with van der Waals surface area (Å²) in [6.45, 7) is 3.77. The van der Waals surface area contributed by atoms with E-state index in [9.17, 15) is 16.8 Å². The molecule has 162 valence electrons. The summed E-state index contributed by atoms with van der Waals surface area (Å²) in [5.41, 5.74) is 5.83. The first-order valence-corrected chi connectivity index (χ1v) is 12.4. The van der Waals surface area contributed by atoms with Crippen molar-refractivity contribution < 1.29 is 16.8 Å². The third-order valence-electron chi connectivity index (χ3n) is 4.64. The zero-order valence-electron chi connectivity index (χ0n) is 16.6. The highest BCUT2D eigenvalue weighted by molar-refractivity contribution is 7.90. The largest absolute Gasteiger partial charge is 0.398 e. The normalized spacial score (nSPS) is 16.4. The van der Waals surface area contributed by atoms with Gasteiger partial charge in [-0.25, -0.2) is 8.42 Å². The van der Waals surface area contributed by atoms with Crippen LogP contribution in [-0.2, 0) is 20.0 Å². The van der Waals surface area contributed by atoms with Crippen LogP contribution in [0.25, 0.3) is 0 Å². The number of benzene rings is 1. The molecule has 29 heavy (non-hydrogen) atoms. The van der Waals surface area contributed by atoms with Crippen molar-refractivity contribution in [1.29, 1.82) is 0 Å². The van der Waals surface area contributed by atoms with Crippen LogP contribution in [0.3, 0.4) is 0 Å². The van der Waals surface area contributed by atoms with Gasteiger partial charge in [0.1, 0.15) is 16.1 Å². The second-order valence-corrected chi connectivity index (χ2v) is 11.0. The van der Waals surface area contributed by atoms with E-state index in [-0.39, 0.29) is 28.2 Å². The van der Waals surface area contributed by atoms with Gasteiger partial charge in [0, 0.05) is 26.7 Å². The van der Waals surface area contributed by atoms with E-state index in [1.54, 1.807) is 14.1 Å². The molecule has 1 saturated carbocycles. The van der Waals surface area contributed by atoms with E-state index in [4.69, 9.17) is 17.3 Å². The first kappa shape index (κ1) is 23.7. The maximum absolute atomic E-state index is 13.4. The quantitative estimate of drug-likeness (QED) is 0.275. The predicted octanol–water partition coefficient (Wildman–Crippen LogP) is 2.71. The molecule has 0 aliphatic heterocycles. The number of nitrogens with two attached hydrogens (primary N) is 1. The van der Waals surface area contributed by atoms with Crippen LogP contribution in [0.4, 0.5) is 5.69 Å². The number of rotatable bonds is 8. The van der Waals surface area contributed by atoms with E-state index >= 15 is 0 Å².